The molecule has 8 heteroatoms. The van der Waals surface area contributed by atoms with Crippen LogP contribution in [0.15, 0.2) is 46.2 Å². The number of hydrogen-bond acceptors (Lipinski definition) is 5. The average Bonchev–Trinajstić information content (AvgIpc) is 2.92. The second-order valence-electron chi connectivity index (χ2n) is 4.26. The van der Waals surface area contributed by atoms with Crippen LogP contribution in [0, 0.1) is 0 Å². The van der Waals surface area contributed by atoms with E-state index in [0.29, 0.717) is 21.8 Å². The van der Waals surface area contributed by atoms with Crippen molar-refractivity contribution < 1.29 is 17.8 Å². The zero-order valence-electron chi connectivity index (χ0n) is 10.5. The first-order valence-corrected chi connectivity index (χ1v) is 6.88. The van der Waals surface area contributed by atoms with E-state index in [9.17, 15) is 13.2 Å². The van der Waals surface area contributed by atoms with Crippen LogP contribution in [-0.2, 0) is 11.9 Å². The van der Waals surface area contributed by atoms with Gasteiger partial charge in [-0.2, -0.15) is 13.2 Å². The molecule has 0 aliphatic heterocycles. The van der Waals surface area contributed by atoms with Gasteiger partial charge in [-0.3, -0.25) is 0 Å². The fraction of sp³-hybridized carbons (Fsp3) is 0.154. The maximum atomic E-state index is 12.4. The molecular formula is C13H8F3N3OS. The molecule has 0 amide bonds. The molecule has 2 aromatic heterocycles. The Bertz CT molecular complexity index is 755. The topological polar surface area (TPSA) is 51.8 Å². The van der Waals surface area contributed by atoms with Gasteiger partial charge < -0.3 is 0 Å². The van der Waals surface area contributed by atoms with Crippen LogP contribution in [0.4, 0.5) is 13.2 Å². The number of benzene rings is 1. The van der Waals surface area contributed by atoms with E-state index in [0.717, 1.165) is 17.8 Å². The van der Waals surface area contributed by atoms with Crippen LogP contribution in [0.5, 0.6) is 0 Å². The number of pyridine rings is 1. The van der Waals surface area contributed by atoms with E-state index >= 15 is 0 Å². The molecule has 3 rings (SSSR count). The van der Waals surface area contributed by atoms with Crippen molar-refractivity contribution in [2.24, 2.45) is 0 Å². The van der Waals surface area contributed by atoms with Gasteiger partial charge in [0.15, 0.2) is 0 Å². The number of nitrogens with zero attached hydrogens (tertiary/aromatic N) is 3. The van der Waals surface area contributed by atoms with Gasteiger partial charge in [0.05, 0.1) is 10.6 Å². The fourth-order valence-electron chi connectivity index (χ4n) is 1.71. The number of fused-ring (bicyclic) bond motifs is 1. The van der Waals surface area contributed by atoms with Gasteiger partial charge in [-0.1, -0.05) is 6.07 Å². The molecule has 0 saturated carbocycles. The Morgan fingerprint density at radius 2 is 1.86 bits per heavy atom. The first-order chi connectivity index (χ1) is 10.0. The van der Waals surface area contributed by atoms with Crippen molar-refractivity contribution in [2.75, 3.05) is 0 Å². The smallest absolute Gasteiger partial charge is 0.249 e. The fourth-order valence-corrected chi connectivity index (χ4v) is 2.49. The lowest BCUT2D eigenvalue weighted by Gasteiger charge is -2.06. The summed E-state index contributed by atoms with van der Waals surface area (Å²) in [5.74, 6) is 0.571. The third-order valence-electron chi connectivity index (χ3n) is 2.77. The highest BCUT2D eigenvalue weighted by atomic mass is 32.2. The Kier molecular flexibility index (Phi) is 3.54. The zero-order valence-corrected chi connectivity index (χ0v) is 11.3. The largest absolute Gasteiger partial charge is 0.417 e. The maximum Gasteiger partial charge on any atom is 0.417 e. The van der Waals surface area contributed by atoms with Gasteiger partial charge in [0.2, 0.25) is 0 Å². The highest BCUT2D eigenvalue weighted by Crippen LogP contribution is 2.30. The number of hydrogen-bond donors (Lipinski definition) is 0. The van der Waals surface area contributed by atoms with Crippen molar-refractivity contribution in [3.8, 4) is 0 Å². The van der Waals surface area contributed by atoms with E-state index < -0.39 is 11.7 Å². The first-order valence-electron chi connectivity index (χ1n) is 5.89. The molecule has 0 aliphatic rings. The molecule has 2 heterocycles. The number of alkyl halides is 3. The molecule has 0 fully saturated rings. The molecular weight excluding hydrogens is 303 g/mol. The van der Waals surface area contributed by atoms with Gasteiger partial charge in [-0.25, -0.2) is 9.61 Å². The van der Waals surface area contributed by atoms with E-state index in [2.05, 4.69) is 19.9 Å². The molecule has 4 nitrogen and oxygen atoms in total. The predicted octanol–water partition coefficient (Wildman–Crippen LogP) is 3.93. The lowest BCUT2D eigenvalue weighted by Crippen LogP contribution is -2.05. The van der Waals surface area contributed by atoms with Crippen molar-refractivity contribution >= 4 is 22.8 Å². The molecule has 1 aromatic carbocycles. The Hall–Kier alpha value is -2.09. The molecule has 0 unspecified atom stereocenters. The van der Waals surface area contributed by atoms with Crippen molar-refractivity contribution in [1.82, 2.24) is 15.3 Å². The van der Waals surface area contributed by atoms with Crippen molar-refractivity contribution in [2.45, 2.75) is 17.0 Å². The standard InChI is InChI=1S/C13H8F3N3OS/c14-13(15,16)9-2-4-12(17-6-9)21-7-8-1-3-10-11(5-8)19-20-18-10/h1-6H,7H2. The van der Waals surface area contributed by atoms with Gasteiger partial charge in [0.25, 0.3) is 0 Å². The summed E-state index contributed by atoms with van der Waals surface area (Å²) in [7, 11) is 0. The summed E-state index contributed by atoms with van der Waals surface area (Å²) < 4.78 is 41.9. The lowest BCUT2D eigenvalue weighted by molar-refractivity contribution is -0.137. The van der Waals surface area contributed by atoms with Gasteiger partial charge in [-0.05, 0) is 40.1 Å². The first kappa shape index (κ1) is 13.9. The Labute approximate surface area is 121 Å². The molecule has 0 bridgehead atoms. The van der Waals surface area contributed by atoms with Crippen LogP contribution >= 0.6 is 11.8 Å². The predicted molar refractivity (Wildman–Crippen MR) is 70.6 cm³/mol. The third kappa shape index (κ3) is 3.15. The highest BCUT2D eigenvalue weighted by Gasteiger charge is 2.30. The number of halogens is 3. The van der Waals surface area contributed by atoms with E-state index in [1.54, 1.807) is 6.07 Å². The van der Waals surface area contributed by atoms with Crippen molar-refractivity contribution in [3.05, 3.63) is 47.7 Å². The van der Waals surface area contributed by atoms with Gasteiger partial charge >= 0.3 is 6.18 Å². The van der Waals surface area contributed by atoms with Crippen LogP contribution in [0.2, 0.25) is 0 Å². The second-order valence-corrected chi connectivity index (χ2v) is 5.25. The zero-order chi connectivity index (χ0) is 14.9. The SMILES string of the molecule is FC(F)(F)c1ccc(SCc2ccc3nonc3c2)nc1. The summed E-state index contributed by atoms with van der Waals surface area (Å²) in [5, 5.41) is 7.97. The van der Waals surface area contributed by atoms with E-state index in [1.807, 2.05) is 12.1 Å². The summed E-state index contributed by atoms with van der Waals surface area (Å²) in [4.78, 5) is 3.81. The molecule has 0 spiro atoms. The number of rotatable bonds is 3. The van der Waals surface area contributed by atoms with Crippen LogP contribution in [0.25, 0.3) is 11.0 Å². The van der Waals surface area contributed by atoms with Crippen LogP contribution in [0.3, 0.4) is 0 Å². The van der Waals surface area contributed by atoms with Gasteiger partial charge in [-0.15, -0.1) is 11.8 Å². The molecule has 0 N–H and O–H groups in total. The monoisotopic (exact) mass is 311 g/mol. The second kappa shape index (κ2) is 5.36. The quantitative estimate of drug-likeness (QED) is 0.686. The van der Waals surface area contributed by atoms with Gasteiger partial charge in [0, 0.05) is 11.9 Å². The summed E-state index contributed by atoms with van der Waals surface area (Å²) in [6.07, 6.45) is -3.52. The Morgan fingerprint density at radius 3 is 2.57 bits per heavy atom. The average molecular weight is 311 g/mol. The molecule has 0 aliphatic carbocycles. The highest BCUT2D eigenvalue weighted by molar-refractivity contribution is 7.98. The number of aromatic nitrogens is 3. The van der Waals surface area contributed by atoms with Crippen LogP contribution in [0.1, 0.15) is 11.1 Å². The summed E-state index contributed by atoms with van der Waals surface area (Å²) in [5.41, 5.74) is 1.52. The van der Waals surface area contributed by atoms with Crippen LogP contribution < -0.4 is 0 Å². The Balaban J connectivity index is 1.69. The molecule has 21 heavy (non-hydrogen) atoms. The van der Waals surface area contributed by atoms with E-state index in [4.69, 9.17) is 0 Å². The minimum absolute atomic E-state index is 0.529. The van der Waals surface area contributed by atoms with Crippen LogP contribution in [-0.4, -0.2) is 15.3 Å². The lowest BCUT2D eigenvalue weighted by atomic mass is 10.2. The van der Waals surface area contributed by atoms with E-state index in [1.165, 1.54) is 17.8 Å². The van der Waals surface area contributed by atoms with E-state index in [-0.39, 0.29) is 0 Å². The number of thioether (sulfide) groups is 1. The van der Waals surface area contributed by atoms with Gasteiger partial charge in [0.1, 0.15) is 11.0 Å². The molecule has 0 atom stereocenters. The molecule has 108 valence electrons. The molecule has 0 saturated heterocycles. The van der Waals surface area contributed by atoms with Crippen molar-refractivity contribution in [1.29, 1.82) is 0 Å². The summed E-state index contributed by atoms with van der Waals surface area (Å²) in [6, 6.07) is 7.86. The summed E-state index contributed by atoms with van der Waals surface area (Å²) >= 11 is 1.35. The third-order valence-corrected chi connectivity index (χ3v) is 3.78. The summed E-state index contributed by atoms with van der Waals surface area (Å²) in [6.45, 7) is 0. The maximum absolute atomic E-state index is 12.4. The minimum Gasteiger partial charge on any atom is -0.249 e. The normalized spacial score (nSPS) is 12.0. The molecule has 3 aromatic rings. The van der Waals surface area contributed by atoms with Crippen molar-refractivity contribution in [3.63, 3.8) is 0 Å². The Morgan fingerprint density at radius 1 is 1.05 bits per heavy atom. The molecule has 0 radical (unpaired) electrons. The minimum atomic E-state index is -4.36.